The molecule has 0 saturated carbocycles. The lowest BCUT2D eigenvalue weighted by Crippen LogP contribution is -2.29. The maximum absolute atomic E-state index is 11.8. The average molecular weight is 1040 g/mol. The number of rotatable bonds is 38. The molecule has 0 rings (SSSR count). The molecular formula is C45H81O26-. The third kappa shape index (κ3) is 59.1. The van der Waals surface area contributed by atoms with Crippen LogP contribution in [-0.4, -0.2) is 192 Å². The van der Waals surface area contributed by atoms with Gasteiger partial charge in [-0.25, -0.2) is 4.89 Å². The molecular weight excluding hydrogens is 956 g/mol. The van der Waals surface area contributed by atoms with Crippen LogP contribution in [-0.2, 0) is 95.4 Å². The number of unbranched alkanes of at least 4 members (excludes halogenated alkanes) is 6. The Kier molecular flexibility index (Phi) is 58.9. The van der Waals surface area contributed by atoms with Crippen LogP contribution in [0.15, 0.2) is 0 Å². The largest absolute Gasteiger partial charge is 0.870 e. The predicted octanol–water partition coefficient (Wildman–Crippen LogP) is 2.39. The van der Waals surface area contributed by atoms with E-state index in [0.717, 1.165) is 6.42 Å². The number of hydrogen-bond donors (Lipinski definition) is 5. The van der Waals surface area contributed by atoms with Crippen molar-refractivity contribution in [2.75, 3.05) is 88.9 Å². The van der Waals surface area contributed by atoms with Crippen molar-refractivity contribution in [3.05, 3.63) is 0 Å². The normalized spacial score (nSPS) is 10.9. The van der Waals surface area contributed by atoms with Crippen LogP contribution in [0.2, 0.25) is 0 Å². The van der Waals surface area contributed by atoms with E-state index in [1.54, 1.807) is 0 Å². The first kappa shape index (κ1) is 74.9. The second-order valence-corrected chi connectivity index (χ2v) is 14.7. The van der Waals surface area contributed by atoms with Crippen molar-refractivity contribution in [3.8, 4) is 0 Å². The quantitative estimate of drug-likeness (QED) is 0.0195. The summed E-state index contributed by atoms with van der Waals surface area (Å²) in [4.78, 5) is 105. The average Bonchev–Trinajstić information content (AvgIpc) is 3.35. The lowest BCUT2D eigenvalue weighted by molar-refractivity contribution is -0.242. The minimum Gasteiger partial charge on any atom is -0.870 e. The predicted molar refractivity (Wildman–Crippen MR) is 244 cm³/mol. The summed E-state index contributed by atoms with van der Waals surface area (Å²) < 4.78 is 48.6. The highest BCUT2D eigenvalue weighted by atomic mass is 17.1. The number of carboxylic acid groups (broad SMARTS) is 1. The van der Waals surface area contributed by atoms with E-state index in [4.69, 9.17) is 54.1 Å². The number of carboxylic acids is 1. The fraction of sp³-hybridized carbons (Fsp3) is 0.800. The van der Waals surface area contributed by atoms with Crippen molar-refractivity contribution in [2.24, 2.45) is 0 Å². The van der Waals surface area contributed by atoms with E-state index < -0.39 is 48.2 Å². The standard InChI is InChI=1S/2C18H30O9.C6H12O4.C3H8O3.H2O/c2*1-23-12-14(27-18(22)11-7-5-9-16(20)25-3)13-26-17(21)10-6-4-8-15(19)24-2;7-6(8)4-2-1-3-5-10-9;4-1-3(6)2-5;/h2*14H,4-13H2,1-3H3;9H,1-5H2,(H,7,8);3-6H,1-2H2;1H2/p-1. The lowest BCUT2D eigenvalue weighted by atomic mass is 10.2. The van der Waals surface area contributed by atoms with Gasteiger partial charge in [0.2, 0.25) is 0 Å². The summed E-state index contributed by atoms with van der Waals surface area (Å²) in [6.45, 7) is -0.436. The summed E-state index contributed by atoms with van der Waals surface area (Å²) in [5.41, 5.74) is 0. The Labute approximate surface area is 415 Å². The monoisotopic (exact) mass is 1040 g/mol. The Morgan fingerprint density at radius 3 is 0.915 bits per heavy atom. The molecule has 0 amide bonds. The first-order valence-electron chi connectivity index (χ1n) is 22.8. The number of carbonyl (C=O) groups is 9. The zero-order chi connectivity index (χ0) is 53.8. The van der Waals surface area contributed by atoms with Crippen LogP contribution < -0.4 is 0 Å². The van der Waals surface area contributed by atoms with Crippen LogP contribution in [0.1, 0.15) is 128 Å². The Morgan fingerprint density at radius 1 is 0.394 bits per heavy atom. The Hall–Kier alpha value is -5.09. The molecule has 26 nitrogen and oxygen atoms in total. The molecule has 0 spiro atoms. The highest BCUT2D eigenvalue weighted by molar-refractivity contribution is 5.73. The molecule has 0 heterocycles. The van der Waals surface area contributed by atoms with Gasteiger partial charge in [-0.05, 0) is 64.2 Å². The molecule has 2 unspecified atom stereocenters. The van der Waals surface area contributed by atoms with Crippen molar-refractivity contribution in [3.63, 3.8) is 0 Å². The summed E-state index contributed by atoms with van der Waals surface area (Å²) >= 11 is 0. The summed E-state index contributed by atoms with van der Waals surface area (Å²) in [5, 5.41) is 40.1. The molecule has 6 N–H and O–H groups in total. The summed E-state index contributed by atoms with van der Waals surface area (Å²) in [5.74, 6) is -3.82. The summed E-state index contributed by atoms with van der Waals surface area (Å²) in [6.07, 6.45) is 5.75. The fourth-order valence-corrected chi connectivity index (χ4v) is 4.85. The highest BCUT2D eigenvalue weighted by Gasteiger charge is 2.19. The third-order valence-electron chi connectivity index (χ3n) is 8.67. The topological polar surface area (TPSA) is 386 Å². The first-order chi connectivity index (χ1) is 33.4. The number of carbonyl (C=O) groups excluding carboxylic acids is 8. The van der Waals surface area contributed by atoms with Gasteiger partial charge in [-0.15, -0.1) is 0 Å². The smallest absolute Gasteiger partial charge is 0.306 e. The number of aliphatic carboxylic acids is 1. The van der Waals surface area contributed by atoms with E-state index in [9.17, 15) is 43.2 Å². The van der Waals surface area contributed by atoms with Crippen molar-refractivity contribution in [2.45, 2.75) is 147 Å². The van der Waals surface area contributed by atoms with Crippen LogP contribution in [0.3, 0.4) is 0 Å². The van der Waals surface area contributed by atoms with E-state index in [1.807, 2.05) is 0 Å². The van der Waals surface area contributed by atoms with Gasteiger partial charge >= 0.3 is 53.7 Å². The van der Waals surface area contributed by atoms with Gasteiger partial charge in [0.25, 0.3) is 0 Å². The molecule has 0 aromatic heterocycles. The molecule has 2 atom stereocenters. The van der Waals surface area contributed by atoms with Gasteiger partial charge < -0.3 is 73.3 Å². The number of esters is 8. The Morgan fingerprint density at radius 2 is 0.676 bits per heavy atom. The molecule has 26 heteroatoms. The fourth-order valence-electron chi connectivity index (χ4n) is 4.85. The Bertz CT molecular complexity index is 1290. The van der Waals surface area contributed by atoms with Gasteiger partial charge in [-0.2, -0.15) is 0 Å². The number of aliphatic hydroxyl groups excluding tert-OH is 3. The van der Waals surface area contributed by atoms with Crippen LogP contribution >= 0.6 is 0 Å². The zero-order valence-corrected chi connectivity index (χ0v) is 42.2. The highest BCUT2D eigenvalue weighted by Crippen LogP contribution is 2.09. The molecule has 0 aromatic rings. The van der Waals surface area contributed by atoms with E-state index in [1.165, 1.54) is 42.7 Å². The minimum absolute atomic E-state index is 0. The van der Waals surface area contributed by atoms with Gasteiger partial charge in [-0.1, -0.05) is 6.42 Å². The summed E-state index contributed by atoms with van der Waals surface area (Å²) in [6, 6.07) is 0. The van der Waals surface area contributed by atoms with E-state index in [-0.39, 0.29) is 127 Å². The number of ether oxygens (including phenoxy) is 10. The first-order valence-corrected chi connectivity index (χ1v) is 22.8. The van der Waals surface area contributed by atoms with Crippen LogP contribution in [0, 0.1) is 0 Å². The number of methoxy groups -OCH3 is 6. The molecule has 0 aliphatic rings. The van der Waals surface area contributed by atoms with Crippen LogP contribution in [0.5, 0.6) is 0 Å². The van der Waals surface area contributed by atoms with Gasteiger partial charge in [-0.3, -0.25) is 48.4 Å². The zero-order valence-electron chi connectivity index (χ0n) is 42.2. The molecule has 0 saturated heterocycles. The molecule has 71 heavy (non-hydrogen) atoms. The second kappa shape index (κ2) is 55.8. The van der Waals surface area contributed by atoms with Gasteiger partial charge in [0.15, 0.2) is 12.2 Å². The van der Waals surface area contributed by atoms with Gasteiger partial charge in [0.05, 0.1) is 61.5 Å². The van der Waals surface area contributed by atoms with Gasteiger partial charge in [0, 0.05) is 72.0 Å². The van der Waals surface area contributed by atoms with Crippen molar-refractivity contribution in [1.29, 1.82) is 0 Å². The molecule has 0 aliphatic heterocycles. The van der Waals surface area contributed by atoms with Crippen molar-refractivity contribution >= 4 is 53.7 Å². The second-order valence-electron chi connectivity index (χ2n) is 14.7. The van der Waals surface area contributed by atoms with Crippen LogP contribution in [0.25, 0.3) is 0 Å². The maximum Gasteiger partial charge on any atom is 0.306 e. The number of hydrogen-bond acceptors (Lipinski definition) is 25. The molecule has 0 fully saturated rings. The van der Waals surface area contributed by atoms with E-state index >= 15 is 0 Å². The summed E-state index contributed by atoms with van der Waals surface area (Å²) in [7, 11) is 8.15. The van der Waals surface area contributed by atoms with Crippen molar-refractivity contribution < 1.29 is 127 Å². The molecule has 0 bridgehead atoms. The van der Waals surface area contributed by atoms with Crippen LogP contribution in [0.4, 0.5) is 0 Å². The Balaban J connectivity index is -0.000000309. The third-order valence-corrected chi connectivity index (χ3v) is 8.67. The van der Waals surface area contributed by atoms with Gasteiger partial charge in [0.1, 0.15) is 19.3 Å². The molecule has 418 valence electrons. The van der Waals surface area contributed by atoms with Crippen molar-refractivity contribution in [1.82, 2.24) is 0 Å². The minimum atomic E-state index is -0.954. The molecule has 0 aromatic carbocycles. The van der Waals surface area contributed by atoms with E-state index in [0.29, 0.717) is 70.8 Å². The lowest BCUT2D eigenvalue weighted by Gasteiger charge is -2.17. The number of aliphatic hydroxyl groups is 3. The molecule has 0 radical (unpaired) electrons. The SMILES string of the molecule is COCC(COC(=O)CCCCC(=O)OC)OC(=O)CCCCC(=O)OC.COCC(COC(=O)CCCCC(=O)OC)OC(=O)CCCCC(=O)OC.O=C(O)CCCCCOO.OCC(O)CO.[OH-]. The maximum atomic E-state index is 11.8. The van der Waals surface area contributed by atoms with E-state index in [2.05, 4.69) is 23.8 Å². The molecule has 0 aliphatic carbocycles.